The average Bonchev–Trinajstić information content (AvgIpc) is 2.90. The summed E-state index contributed by atoms with van der Waals surface area (Å²) in [5.74, 6) is 1.34. The van der Waals surface area contributed by atoms with Gasteiger partial charge >= 0.3 is 6.01 Å². The first-order chi connectivity index (χ1) is 8.20. The third-order valence-corrected chi connectivity index (χ3v) is 3.49. The summed E-state index contributed by atoms with van der Waals surface area (Å²) >= 11 is 0. The van der Waals surface area contributed by atoms with Gasteiger partial charge < -0.3 is 15.1 Å². The minimum absolute atomic E-state index is 0.115. The molecule has 1 aliphatic rings. The van der Waals surface area contributed by atoms with Crippen LogP contribution in [0.4, 0.5) is 6.01 Å². The van der Waals surface area contributed by atoms with Gasteiger partial charge in [-0.05, 0) is 32.2 Å². The summed E-state index contributed by atoms with van der Waals surface area (Å²) < 4.78 is 5.61. The number of aromatic nitrogens is 2. The second-order valence-electron chi connectivity index (χ2n) is 4.88. The molecule has 0 bridgehead atoms. The van der Waals surface area contributed by atoms with Crippen molar-refractivity contribution in [2.75, 3.05) is 11.9 Å². The van der Waals surface area contributed by atoms with Crippen molar-refractivity contribution >= 4 is 6.01 Å². The second-order valence-corrected chi connectivity index (χ2v) is 4.88. The molecular weight excluding hydrogens is 216 g/mol. The molecule has 5 heteroatoms. The van der Waals surface area contributed by atoms with Gasteiger partial charge in [0, 0.05) is 6.04 Å². The van der Waals surface area contributed by atoms with E-state index in [0.29, 0.717) is 23.9 Å². The largest absolute Gasteiger partial charge is 0.406 e. The van der Waals surface area contributed by atoms with E-state index in [-0.39, 0.29) is 6.04 Å². The van der Waals surface area contributed by atoms with Crippen molar-refractivity contribution in [3.63, 3.8) is 0 Å². The zero-order valence-electron chi connectivity index (χ0n) is 10.9. The fraction of sp³-hybridized carbons (Fsp3) is 0.833. The summed E-state index contributed by atoms with van der Waals surface area (Å²) in [4.78, 5) is 0. The van der Waals surface area contributed by atoms with E-state index in [1.807, 2.05) is 6.92 Å². The van der Waals surface area contributed by atoms with Crippen molar-refractivity contribution in [3.8, 4) is 0 Å². The first-order valence-corrected chi connectivity index (χ1v) is 6.54. The van der Waals surface area contributed by atoms with Crippen LogP contribution in [-0.2, 0) is 0 Å². The van der Waals surface area contributed by atoms with E-state index < -0.39 is 0 Å². The van der Waals surface area contributed by atoms with Crippen LogP contribution in [0.5, 0.6) is 0 Å². The van der Waals surface area contributed by atoms with E-state index in [0.717, 1.165) is 6.54 Å². The zero-order valence-corrected chi connectivity index (χ0v) is 10.9. The Balaban J connectivity index is 1.93. The molecule has 3 atom stereocenters. The minimum Gasteiger partial charge on any atom is -0.406 e. The third-order valence-electron chi connectivity index (χ3n) is 3.49. The van der Waals surface area contributed by atoms with Crippen LogP contribution in [0, 0.1) is 5.92 Å². The van der Waals surface area contributed by atoms with Crippen LogP contribution in [0.25, 0.3) is 0 Å². The van der Waals surface area contributed by atoms with E-state index >= 15 is 0 Å². The molecule has 0 amide bonds. The Labute approximate surface area is 102 Å². The van der Waals surface area contributed by atoms with Gasteiger partial charge in [0.15, 0.2) is 0 Å². The van der Waals surface area contributed by atoms with Gasteiger partial charge in [-0.25, -0.2) is 0 Å². The van der Waals surface area contributed by atoms with E-state index in [1.165, 1.54) is 19.3 Å². The molecule has 2 N–H and O–H groups in total. The molecule has 1 aromatic rings. The van der Waals surface area contributed by atoms with E-state index in [9.17, 15) is 0 Å². The number of nitrogens with one attached hydrogen (secondary N) is 2. The highest BCUT2D eigenvalue weighted by molar-refractivity contribution is 5.21. The van der Waals surface area contributed by atoms with Gasteiger partial charge in [-0.1, -0.05) is 25.4 Å². The molecule has 1 aromatic heterocycles. The first kappa shape index (κ1) is 12.4. The number of hydrogen-bond acceptors (Lipinski definition) is 5. The highest BCUT2D eigenvalue weighted by Crippen LogP contribution is 2.27. The second kappa shape index (κ2) is 5.49. The van der Waals surface area contributed by atoms with Crippen molar-refractivity contribution in [1.29, 1.82) is 0 Å². The molecule has 0 spiro atoms. The molecule has 1 saturated carbocycles. The first-order valence-electron chi connectivity index (χ1n) is 6.54. The minimum atomic E-state index is 0.115. The predicted octanol–water partition coefficient (Wildman–Crippen LogP) is 2.34. The van der Waals surface area contributed by atoms with Gasteiger partial charge in [-0.2, -0.15) is 0 Å². The molecule has 5 nitrogen and oxygen atoms in total. The maximum Gasteiger partial charge on any atom is 0.315 e. The van der Waals surface area contributed by atoms with Gasteiger partial charge in [-0.3, -0.25) is 0 Å². The van der Waals surface area contributed by atoms with Crippen molar-refractivity contribution in [2.45, 2.75) is 52.1 Å². The summed E-state index contributed by atoms with van der Waals surface area (Å²) in [6, 6.07) is 1.16. The Kier molecular flexibility index (Phi) is 3.99. The molecule has 1 heterocycles. The van der Waals surface area contributed by atoms with Crippen molar-refractivity contribution in [2.24, 2.45) is 5.92 Å². The number of anilines is 1. The van der Waals surface area contributed by atoms with Crippen LogP contribution < -0.4 is 10.6 Å². The van der Waals surface area contributed by atoms with Crippen LogP contribution in [-0.4, -0.2) is 22.8 Å². The Morgan fingerprint density at radius 1 is 1.41 bits per heavy atom. The zero-order chi connectivity index (χ0) is 12.3. The van der Waals surface area contributed by atoms with Crippen LogP contribution in [0.2, 0.25) is 0 Å². The summed E-state index contributed by atoms with van der Waals surface area (Å²) in [6.45, 7) is 7.25. The maximum absolute atomic E-state index is 5.61. The lowest BCUT2D eigenvalue weighted by Crippen LogP contribution is -2.21. The monoisotopic (exact) mass is 238 g/mol. The highest BCUT2D eigenvalue weighted by Gasteiger charge is 2.25. The Hall–Kier alpha value is -1.10. The summed E-state index contributed by atoms with van der Waals surface area (Å²) in [7, 11) is 0. The maximum atomic E-state index is 5.61. The predicted molar refractivity (Wildman–Crippen MR) is 66.8 cm³/mol. The van der Waals surface area contributed by atoms with Crippen LogP contribution in [0.3, 0.4) is 0 Å². The van der Waals surface area contributed by atoms with Crippen molar-refractivity contribution in [3.05, 3.63) is 5.89 Å². The molecule has 0 radical (unpaired) electrons. The number of rotatable bonds is 5. The molecule has 1 aliphatic carbocycles. The molecule has 2 rings (SSSR count). The molecule has 96 valence electrons. The SMILES string of the molecule is CCNC(C)c1nnc(NC2CCCC2C)o1. The summed E-state index contributed by atoms with van der Waals surface area (Å²) in [6.07, 6.45) is 3.77. The topological polar surface area (TPSA) is 63.0 Å². The number of nitrogens with zero attached hydrogens (tertiary/aromatic N) is 2. The Morgan fingerprint density at radius 2 is 2.24 bits per heavy atom. The lowest BCUT2D eigenvalue weighted by Gasteiger charge is -2.14. The molecule has 0 aliphatic heterocycles. The summed E-state index contributed by atoms with van der Waals surface area (Å²) in [5.41, 5.74) is 0. The molecular formula is C12H22N4O. The van der Waals surface area contributed by atoms with Crippen LogP contribution >= 0.6 is 0 Å². The van der Waals surface area contributed by atoms with Gasteiger partial charge in [0.05, 0.1) is 6.04 Å². The smallest absolute Gasteiger partial charge is 0.315 e. The molecule has 3 unspecified atom stereocenters. The number of hydrogen-bond donors (Lipinski definition) is 2. The van der Waals surface area contributed by atoms with E-state index in [1.54, 1.807) is 0 Å². The lowest BCUT2D eigenvalue weighted by atomic mass is 10.1. The normalized spacial score (nSPS) is 26.1. The Bertz CT molecular complexity index is 352. The van der Waals surface area contributed by atoms with Crippen molar-refractivity contribution in [1.82, 2.24) is 15.5 Å². The highest BCUT2D eigenvalue weighted by atomic mass is 16.4. The van der Waals surface area contributed by atoms with Gasteiger partial charge in [0.25, 0.3) is 0 Å². The Morgan fingerprint density at radius 3 is 2.88 bits per heavy atom. The summed E-state index contributed by atoms with van der Waals surface area (Å²) in [5, 5.41) is 14.7. The van der Waals surface area contributed by atoms with E-state index in [4.69, 9.17) is 4.42 Å². The standard InChI is InChI=1S/C12H22N4O/c1-4-13-9(3)11-15-16-12(17-11)14-10-7-5-6-8(10)2/h8-10,13H,4-7H2,1-3H3,(H,14,16). The van der Waals surface area contributed by atoms with Gasteiger partial charge in [0.1, 0.15) is 0 Å². The molecule has 17 heavy (non-hydrogen) atoms. The van der Waals surface area contributed by atoms with Crippen LogP contribution in [0.15, 0.2) is 4.42 Å². The fourth-order valence-electron chi connectivity index (χ4n) is 2.38. The molecule has 0 aromatic carbocycles. The molecule has 1 fully saturated rings. The fourth-order valence-corrected chi connectivity index (χ4v) is 2.38. The lowest BCUT2D eigenvalue weighted by molar-refractivity contribution is 0.422. The van der Waals surface area contributed by atoms with Crippen molar-refractivity contribution < 1.29 is 4.42 Å². The van der Waals surface area contributed by atoms with Gasteiger partial charge in [0.2, 0.25) is 5.89 Å². The average molecular weight is 238 g/mol. The molecule has 0 saturated heterocycles. The third kappa shape index (κ3) is 2.97. The quantitative estimate of drug-likeness (QED) is 0.824. The van der Waals surface area contributed by atoms with Crippen LogP contribution in [0.1, 0.15) is 52.0 Å². The van der Waals surface area contributed by atoms with Gasteiger partial charge in [-0.15, -0.1) is 5.10 Å². The van der Waals surface area contributed by atoms with E-state index in [2.05, 4.69) is 34.7 Å².